The van der Waals surface area contributed by atoms with Gasteiger partial charge in [0.05, 0.1) is 37.5 Å². The van der Waals surface area contributed by atoms with E-state index in [2.05, 4.69) is 21.2 Å². The highest BCUT2D eigenvalue weighted by molar-refractivity contribution is 9.10. The number of ether oxygens (including phenoxy) is 1. The monoisotopic (exact) mass is 485 g/mol. The zero-order valence-corrected chi connectivity index (χ0v) is 19.1. The number of halogens is 1. The van der Waals surface area contributed by atoms with Gasteiger partial charge in [0, 0.05) is 16.2 Å². The van der Waals surface area contributed by atoms with E-state index in [9.17, 15) is 14.4 Å². The molecule has 1 aliphatic heterocycles. The molecule has 0 spiro atoms. The molecule has 3 aromatic rings. The van der Waals surface area contributed by atoms with Crippen molar-refractivity contribution in [2.24, 2.45) is 0 Å². The molecule has 1 unspecified atom stereocenters. The van der Waals surface area contributed by atoms with Gasteiger partial charge in [0.25, 0.3) is 0 Å². The van der Waals surface area contributed by atoms with Crippen LogP contribution in [-0.4, -0.2) is 28.1 Å². The third kappa shape index (κ3) is 4.04. The van der Waals surface area contributed by atoms with Crippen LogP contribution in [0.15, 0.2) is 45.7 Å². The maximum Gasteiger partial charge on any atom is 0.329 e. The SMILES string of the molecule is CCCC(CC(=O)OC)n1c(=O)n(Cc2cc(Br)cc3c2CC(=O)N3)c2ccccc21. The van der Waals surface area contributed by atoms with Crippen molar-refractivity contribution in [1.82, 2.24) is 9.13 Å². The zero-order chi connectivity index (χ0) is 22.1. The van der Waals surface area contributed by atoms with Crippen molar-refractivity contribution in [3.63, 3.8) is 0 Å². The van der Waals surface area contributed by atoms with Gasteiger partial charge in [-0.15, -0.1) is 0 Å². The van der Waals surface area contributed by atoms with Gasteiger partial charge in [0.2, 0.25) is 5.91 Å². The minimum atomic E-state index is -0.337. The smallest absolute Gasteiger partial charge is 0.329 e. The molecular formula is C23H24BrN3O4. The van der Waals surface area contributed by atoms with Crippen LogP contribution in [0.3, 0.4) is 0 Å². The molecule has 4 rings (SSSR count). The summed E-state index contributed by atoms with van der Waals surface area (Å²) in [6.45, 7) is 2.36. The maximum absolute atomic E-state index is 13.6. The van der Waals surface area contributed by atoms with Gasteiger partial charge in [-0.3, -0.25) is 18.7 Å². The summed E-state index contributed by atoms with van der Waals surface area (Å²) in [5.74, 6) is -0.387. The number of carbonyl (C=O) groups is 2. The van der Waals surface area contributed by atoms with Crippen molar-refractivity contribution in [2.75, 3.05) is 12.4 Å². The average Bonchev–Trinajstić information content (AvgIpc) is 3.24. The number of imidazole rings is 1. The van der Waals surface area contributed by atoms with E-state index >= 15 is 0 Å². The number of fused-ring (bicyclic) bond motifs is 2. The van der Waals surface area contributed by atoms with E-state index < -0.39 is 0 Å². The first-order chi connectivity index (χ1) is 14.9. The minimum absolute atomic E-state index is 0.0507. The Kier molecular flexibility index (Phi) is 6.00. The van der Waals surface area contributed by atoms with Crippen LogP contribution >= 0.6 is 15.9 Å². The summed E-state index contributed by atoms with van der Waals surface area (Å²) in [4.78, 5) is 37.6. The summed E-state index contributed by atoms with van der Waals surface area (Å²) in [6.07, 6.45) is 1.96. The normalized spacial score (nSPS) is 13.8. The second kappa shape index (κ2) is 8.70. The lowest BCUT2D eigenvalue weighted by atomic mass is 10.0. The van der Waals surface area contributed by atoms with Crippen LogP contribution in [0.2, 0.25) is 0 Å². The van der Waals surface area contributed by atoms with Crippen molar-refractivity contribution >= 4 is 44.5 Å². The number of amides is 1. The Labute approximate surface area is 188 Å². The Bertz CT molecular complexity index is 1230. The molecule has 1 N–H and O–H groups in total. The van der Waals surface area contributed by atoms with Gasteiger partial charge in [-0.05, 0) is 41.8 Å². The number of carbonyl (C=O) groups excluding carboxylic acids is 2. The van der Waals surface area contributed by atoms with Crippen LogP contribution in [0.25, 0.3) is 11.0 Å². The molecule has 0 radical (unpaired) electrons. The number of rotatable bonds is 7. The minimum Gasteiger partial charge on any atom is -0.469 e. The van der Waals surface area contributed by atoms with Gasteiger partial charge in [-0.25, -0.2) is 4.79 Å². The van der Waals surface area contributed by atoms with Crippen LogP contribution in [0.5, 0.6) is 0 Å². The van der Waals surface area contributed by atoms with Crippen molar-refractivity contribution in [3.05, 3.63) is 62.5 Å². The number of methoxy groups -OCH3 is 1. The largest absolute Gasteiger partial charge is 0.469 e. The molecule has 1 aromatic heterocycles. The van der Waals surface area contributed by atoms with Gasteiger partial charge in [-0.2, -0.15) is 0 Å². The van der Waals surface area contributed by atoms with Crippen LogP contribution in [0, 0.1) is 0 Å². The highest BCUT2D eigenvalue weighted by Gasteiger charge is 2.25. The fourth-order valence-electron chi connectivity index (χ4n) is 4.35. The third-order valence-corrected chi connectivity index (χ3v) is 6.19. The summed E-state index contributed by atoms with van der Waals surface area (Å²) >= 11 is 3.51. The van der Waals surface area contributed by atoms with E-state index in [1.807, 2.05) is 43.3 Å². The highest BCUT2D eigenvalue weighted by Crippen LogP contribution is 2.32. The molecule has 31 heavy (non-hydrogen) atoms. The molecule has 1 atom stereocenters. The number of nitrogens with zero attached hydrogens (tertiary/aromatic N) is 2. The molecule has 0 aliphatic carbocycles. The Morgan fingerprint density at radius 1 is 1.23 bits per heavy atom. The molecule has 2 heterocycles. The molecule has 0 bridgehead atoms. The van der Waals surface area contributed by atoms with E-state index in [1.165, 1.54) is 7.11 Å². The lowest BCUT2D eigenvalue weighted by Gasteiger charge is -2.17. The van der Waals surface area contributed by atoms with Gasteiger partial charge in [0.1, 0.15) is 0 Å². The molecule has 1 amide bonds. The number of esters is 1. The van der Waals surface area contributed by atoms with Gasteiger partial charge in [0.15, 0.2) is 0 Å². The van der Waals surface area contributed by atoms with Crippen molar-refractivity contribution in [3.8, 4) is 0 Å². The molecule has 2 aromatic carbocycles. The summed E-state index contributed by atoms with van der Waals surface area (Å²) in [5.41, 5.74) is 4.01. The Morgan fingerprint density at radius 2 is 1.97 bits per heavy atom. The summed E-state index contributed by atoms with van der Waals surface area (Å²) in [5, 5.41) is 2.87. The fourth-order valence-corrected chi connectivity index (χ4v) is 4.85. The number of para-hydroxylation sites is 2. The third-order valence-electron chi connectivity index (χ3n) is 5.73. The topological polar surface area (TPSA) is 82.3 Å². The van der Waals surface area contributed by atoms with E-state index in [4.69, 9.17) is 4.74 Å². The molecule has 0 fully saturated rings. The number of aromatic nitrogens is 2. The number of anilines is 1. The second-order valence-corrected chi connectivity index (χ2v) is 8.68. The molecular weight excluding hydrogens is 462 g/mol. The van der Waals surface area contributed by atoms with E-state index in [-0.39, 0.29) is 30.0 Å². The maximum atomic E-state index is 13.6. The summed E-state index contributed by atoms with van der Waals surface area (Å²) < 4.78 is 9.16. The standard InChI is InChI=1S/C23H24BrN3O4/c1-3-6-16(11-22(29)31-2)27-20-8-5-4-7-19(20)26(23(27)30)13-14-9-15(24)10-18-17(14)12-21(28)25-18/h4-5,7-10,16H,3,6,11-13H2,1-2H3,(H,25,28). The summed E-state index contributed by atoms with van der Waals surface area (Å²) in [6, 6.07) is 11.2. The molecule has 0 saturated heterocycles. The van der Waals surface area contributed by atoms with Gasteiger partial charge >= 0.3 is 11.7 Å². The summed E-state index contributed by atoms with van der Waals surface area (Å²) in [7, 11) is 1.36. The zero-order valence-electron chi connectivity index (χ0n) is 17.5. The van der Waals surface area contributed by atoms with Crippen LogP contribution in [-0.2, 0) is 27.3 Å². The fraction of sp³-hybridized carbons (Fsp3) is 0.348. The number of nitrogens with one attached hydrogen (secondary N) is 1. The van der Waals surface area contributed by atoms with Gasteiger partial charge < -0.3 is 10.1 Å². The Balaban J connectivity index is 1.84. The first-order valence-corrected chi connectivity index (χ1v) is 11.1. The number of hydrogen-bond acceptors (Lipinski definition) is 4. The predicted molar refractivity (Wildman–Crippen MR) is 122 cm³/mol. The Hall–Kier alpha value is -2.87. The highest BCUT2D eigenvalue weighted by atomic mass is 79.9. The molecule has 0 saturated carbocycles. The van der Waals surface area contributed by atoms with E-state index in [1.54, 1.807) is 9.13 Å². The number of benzene rings is 2. The molecule has 8 heteroatoms. The molecule has 162 valence electrons. The quantitative estimate of drug-likeness (QED) is 0.512. The van der Waals surface area contributed by atoms with Crippen LogP contribution in [0.1, 0.15) is 43.4 Å². The first kappa shape index (κ1) is 21.4. The lowest BCUT2D eigenvalue weighted by molar-refractivity contribution is -0.141. The van der Waals surface area contributed by atoms with E-state index in [0.29, 0.717) is 19.4 Å². The molecule has 1 aliphatic rings. The van der Waals surface area contributed by atoms with Crippen molar-refractivity contribution < 1.29 is 14.3 Å². The van der Waals surface area contributed by atoms with Crippen LogP contribution in [0.4, 0.5) is 5.69 Å². The van der Waals surface area contributed by atoms with E-state index in [0.717, 1.165) is 38.7 Å². The second-order valence-electron chi connectivity index (χ2n) is 7.77. The lowest BCUT2D eigenvalue weighted by Crippen LogP contribution is -2.29. The average molecular weight is 486 g/mol. The van der Waals surface area contributed by atoms with Crippen molar-refractivity contribution in [1.29, 1.82) is 0 Å². The van der Waals surface area contributed by atoms with Crippen LogP contribution < -0.4 is 11.0 Å². The predicted octanol–water partition coefficient (Wildman–Crippen LogP) is 4.01. The number of hydrogen-bond donors (Lipinski definition) is 1. The van der Waals surface area contributed by atoms with Gasteiger partial charge in [-0.1, -0.05) is 41.4 Å². The Morgan fingerprint density at radius 3 is 2.68 bits per heavy atom. The first-order valence-electron chi connectivity index (χ1n) is 10.3. The van der Waals surface area contributed by atoms with Crippen molar-refractivity contribution in [2.45, 2.75) is 45.2 Å². The molecule has 7 nitrogen and oxygen atoms in total.